The first kappa shape index (κ1) is 29.5. The van der Waals surface area contributed by atoms with E-state index in [0.29, 0.717) is 42.6 Å². The SMILES string of the molecule is C#Cc1c(F)ccc2cc(O)cc(-c3c(F)c4nc(OC[C@@]56CCCN5C[C@H](F)C6)nc(N5CC6CCC(C5)N6)c4c4oc(C)nc34)c12. The molecule has 0 spiro atoms. The van der Waals surface area contributed by atoms with Crippen molar-refractivity contribution in [2.45, 2.75) is 62.8 Å². The van der Waals surface area contributed by atoms with Gasteiger partial charge in [0.05, 0.1) is 22.1 Å². The summed E-state index contributed by atoms with van der Waals surface area (Å²) in [5, 5.41) is 15.4. The predicted molar refractivity (Wildman–Crippen MR) is 175 cm³/mol. The summed E-state index contributed by atoms with van der Waals surface area (Å²) in [4.78, 5) is 18.4. The topological polar surface area (TPSA) is 99.8 Å². The molecule has 9 nitrogen and oxygen atoms in total. The van der Waals surface area contributed by atoms with E-state index in [1.807, 2.05) is 0 Å². The second-order valence-corrected chi connectivity index (χ2v) is 13.7. The van der Waals surface area contributed by atoms with E-state index in [0.717, 1.165) is 32.2 Å². The molecule has 2 N–H and O–H groups in total. The number of hydrogen-bond acceptors (Lipinski definition) is 9. The molecule has 4 atom stereocenters. The van der Waals surface area contributed by atoms with Crippen molar-refractivity contribution in [3.05, 3.63) is 47.4 Å². The minimum Gasteiger partial charge on any atom is -0.508 e. The number of nitrogens with zero attached hydrogens (tertiary/aromatic N) is 5. The van der Waals surface area contributed by atoms with Crippen LogP contribution in [0.15, 0.2) is 28.7 Å². The lowest BCUT2D eigenvalue weighted by atomic mass is 9.92. The van der Waals surface area contributed by atoms with Gasteiger partial charge in [0.25, 0.3) is 0 Å². The van der Waals surface area contributed by atoms with Gasteiger partial charge in [-0.05, 0) is 61.4 Å². The van der Waals surface area contributed by atoms with Gasteiger partial charge in [-0.3, -0.25) is 4.90 Å². The van der Waals surface area contributed by atoms with Crippen LogP contribution in [0.1, 0.15) is 43.6 Å². The molecular formula is C36H33F3N6O3. The molecule has 48 heavy (non-hydrogen) atoms. The maximum atomic E-state index is 17.4. The zero-order valence-electron chi connectivity index (χ0n) is 26.3. The van der Waals surface area contributed by atoms with Gasteiger partial charge in [-0.2, -0.15) is 9.97 Å². The molecule has 0 aliphatic carbocycles. The summed E-state index contributed by atoms with van der Waals surface area (Å²) >= 11 is 0. The molecule has 4 aliphatic heterocycles. The zero-order chi connectivity index (χ0) is 32.9. The van der Waals surface area contributed by atoms with Crippen molar-refractivity contribution in [1.82, 2.24) is 25.2 Å². The molecule has 6 heterocycles. The smallest absolute Gasteiger partial charge is 0.319 e. The molecule has 0 saturated carbocycles. The van der Waals surface area contributed by atoms with Crippen LogP contribution in [0.5, 0.6) is 11.8 Å². The molecule has 0 amide bonds. The van der Waals surface area contributed by atoms with Crippen molar-refractivity contribution in [2.75, 3.05) is 37.7 Å². The number of phenolic OH excluding ortho intramolecular Hbond substituents is 1. The molecule has 4 saturated heterocycles. The number of oxazole rings is 1. The fraction of sp³-hybridized carbons (Fsp3) is 0.417. The Hall–Kier alpha value is -4.60. The zero-order valence-corrected chi connectivity index (χ0v) is 26.3. The first-order valence-corrected chi connectivity index (χ1v) is 16.5. The van der Waals surface area contributed by atoms with Gasteiger partial charge in [0.1, 0.15) is 41.2 Å². The molecular weight excluding hydrogens is 621 g/mol. The molecule has 3 aromatic carbocycles. The van der Waals surface area contributed by atoms with Crippen molar-refractivity contribution in [3.63, 3.8) is 0 Å². The van der Waals surface area contributed by atoms with E-state index in [1.54, 1.807) is 6.92 Å². The second-order valence-electron chi connectivity index (χ2n) is 13.7. The number of benzene rings is 3. The molecule has 2 aromatic heterocycles. The van der Waals surface area contributed by atoms with Crippen LogP contribution >= 0.6 is 0 Å². The molecule has 2 unspecified atom stereocenters. The number of piperazine rings is 1. The monoisotopic (exact) mass is 654 g/mol. The molecule has 9 rings (SSSR count). The Morgan fingerprint density at radius 2 is 1.92 bits per heavy atom. The van der Waals surface area contributed by atoms with Crippen molar-refractivity contribution < 1.29 is 27.4 Å². The maximum absolute atomic E-state index is 17.4. The van der Waals surface area contributed by atoms with Crippen molar-refractivity contribution in [3.8, 4) is 35.2 Å². The largest absolute Gasteiger partial charge is 0.508 e. The average molecular weight is 655 g/mol. The molecule has 246 valence electrons. The highest BCUT2D eigenvalue weighted by molar-refractivity contribution is 6.16. The lowest BCUT2D eigenvalue weighted by Gasteiger charge is -2.34. The van der Waals surface area contributed by atoms with Crippen molar-refractivity contribution in [2.24, 2.45) is 0 Å². The summed E-state index contributed by atoms with van der Waals surface area (Å²) < 4.78 is 59.6. The maximum Gasteiger partial charge on any atom is 0.319 e. The first-order valence-electron chi connectivity index (χ1n) is 16.5. The summed E-state index contributed by atoms with van der Waals surface area (Å²) in [6.45, 7) is 4.29. The minimum absolute atomic E-state index is 0.0246. The summed E-state index contributed by atoms with van der Waals surface area (Å²) in [7, 11) is 0. The van der Waals surface area contributed by atoms with E-state index >= 15 is 8.78 Å². The van der Waals surface area contributed by atoms with E-state index in [1.165, 1.54) is 24.3 Å². The minimum atomic E-state index is -0.934. The Morgan fingerprint density at radius 1 is 1.10 bits per heavy atom. The number of alkyl halides is 1. The number of fused-ring (bicyclic) bond motifs is 7. The lowest BCUT2D eigenvalue weighted by Crippen LogP contribution is -2.51. The van der Waals surface area contributed by atoms with E-state index in [2.05, 4.69) is 31.0 Å². The molecule has 5 aromatic rings. The Balaban J connectivity index is 1.30. The molecule has 0 radical (unpaired) electrons. The number of anilines is 1. The number of aryl methyl sites for hydroxylation is 1. The highest BCUT2D eigenvalue weighted by Gasteiger charge is 2.49. The fourth-order valence-corrected chi connectivity index (χ4v) is 8.70. The predicted octanol–water partition coefficient (Wildman–Crippen LogP) is 5.76. The van der Waals surface area contributed by atoms with Gasteiger partial charge in [0.15, 0.2) is 17.3 Å². The van der Waals surface area contributed by atoms with Crippen LogP contribution in [0.25, 0.3) is 43.9 Å². The Morgan fingerprint density at radius 3 is 2.71 bits per heavy atom. The van der Waals surface area contributed by atoms with Gasteiger partial charge < -0.3 is 24.5 Å². The third kappa shape index (κ3) is 4.44. The van der Waals surface area contributed by atoms with Crippen LogP contribution in [0.3, 0.4) is 0 Å². The summed E-state index contributed by atoms with van der Waals surface area (Å²) in [6, 6.07) is 5.98. The van der Waals surface area contributed by atoms with Gasteiger partial charge in [-0.25, -0.2) is 18.2 Å². The van der Waals surface area contributed by atoms with Gasteiger partial charge in [0, 0.05) is 50.4 Å². The van der Waals surface area contributed by atoms with Gasteiger partial charge in [0.2, 0.25) is 0 Å². The highest BCUT2D eigenvalue weighted by Crippen LogP contribution is 2.46. The van der Waals surface area contributed by atoms with E-state index in [9.17, 15) is 9.50 Å². The summed E-state index contributed by atoms with van der Waals surface area (Å²) in [6.07, 6.45) is 8.98. The molecule has 12 heteroatoms. The first-order chi connectivity index (χ1) is 23.2. The number of rotatable bonds is 5. The number of nitrogens with one attached hydrogen (secondary N) is 1. The van der Waals surface area contributed by atoms with Gasteiger partial charge in [-0.15, -0.1) is 6.42 Å². The highest BCUT2D eigenvalue weighted by atomic mass is 19.1. The lowest BCUT2D eigenvalue weighted by molar-refractivity contribution is 0.107. The third-order valence-corrected chi connectivity index (χ3v) is 10.7. The third-order valence-electron chi connectivity index (χ3n) is 10.7. The Bertz CT molecular complexity index is 2190. The van der Waals surface area contributed by atoms with Gasteiger partial charge in [-0.1, -0.05) is 12.0 Å². The van der Waals surface area contributed by atoms with Crippen LogP contribution < -0.4 is 15.0 Å². The van der Waals surface area contributed by atoms with E-state index in [-0.39, 0.29) is 75.0 Å². The van der Waals surface area contributed by atoms with E-state index < -0.39 is 23.3 Å². The van der Waals surface area contributed by atoms with Crippen LogP contribution in [-0.4, -0.2) is 81.5 Å². The van der Waals surface area contributed by atoms with Crippen LogP contribution in [-0.2, 0) is 0 Å². The number of phenols is 1. The number of ether oxygens (including phenoxy) is 1. The number of hydrogen-bond donors (Lipinski definition) is 2. The van der Waals surface area contributed by atoms with Crippen molar-refractivity contribution >= 4 is 38.6 Å². The number of terminal acetylenes is 1. The number of halogens is 3. The van der Waals surface area contributed by atoms with Gasteiger partial charge >= 0.3 is 6.01 Å². The number of aromatic hydroxyl groups is 1. The molecule has 4 aliphatic rings. The quantitative estimate of drug-likeness (QED) is 0.229. The Labute approximate surface area is 274 Å². The van der Waals surface area contributed by atoms with Crippen LogP contribution in [0.2, 0.25) is 0 Å². The number of aromatic nitrogens is 3. The standard InChI is InChI=1S/C36H33F3N6O3/c1-3-24-26(38)8-5-19-11-23(46)12-25(27(19)24)28-30(39)31-29(33-32(28)40-18(2)48-33)34(44-15-21-6-7-22(16-44)41-21)43-35(42-31)47-17-36-9-4-10-45(36)14-20(37)13-36/h1,5,8,11-12,20-22,41,46H,4,6-7,9-10,13-17H2,2H3/t20-,21?,22?,36+/m1/s1. The molecule has 2 bridgehead atoms. The normalized spacial score (nSPS) is 25.4. The summed E-state index contributed by atoms with van der Waals surface area (Å²) in [5.41, 5.74) is -0.0413. The van der Waals surface area contributed by atoms with Crippen LogP contribution in [0.4, 0.5) is 19.0 Å². The second kappa shape index (κ2) is 10.7. The average Bonchev–Trinajstić information content (AvgIpc) is 3.81. The fourth-order valence-electron chi connectivity index (χ4n) is 8.70. The van der Waals surface area contributed by atoms with Crippen molar-refractivity contribution in [1.29, 1.82) is 0 Å². The van der Waals surface area contributed by atoms with E-state index in [4.69, 9.17) is 20.6 Å². The summed E-state index contributed by atoms with van der Waals surface area (Å²) in [5.74, 6) is 1.57. The van der Waals surface area contributed by atoms with Crippen LogP contribution in [0, 0.1) is 30.9 Å². The molecule has 4 fully saturated rings. The Kier molecular flexibility index (Phi) is 6.59.